The number of halogens is 1. The van der Waals surface area contributed by atoms with E-state index in [1.165, 1.54) is 16.4 Å². The van der Waals surface area contributed by atoms with Crippen LogP contribution < -0.4 is 5.32 Å². The van der Waals surface area contributed by atoms with E-state index in [1.54, 1.807) is 11.3 Å². The summed E-state index contributed by atoms with van der Waals surface area (Å²) in [6, 6.07) is 2.23. The molecule has 0 saturated heterocycles. The summed E-state index contributed by atoms with van der Waals surface area (Å²) in [6.45, 7) is 3.14. The Bertz CT molecular complexity index is 427. The van der Waals surface area contributed by atoms with Crippen LogP contribution in [-0.2, 0) is 0 Å². The third-order valence-corrected chi connectivity index (χ3v) is 4.64. The molecule has 1 unspecified atom stereocenters. The van der Waals surface area contributed by atoms with Gasteiger partial charge in [0.2, 0.25) is 0 Å². The van der Waals surface area contributed by atoms with Gasteiger partial charge in [0.15, 0.2) is 0 Å². The van der Waals surface area contributed by atoms with E-state index in [-0.39, 0.29) is 6.04 Å². The van der Waals surface area contributed by atoms with Crippen molar-refractivity contribution in [2.75, 3.05) is 6.54 Å². The van der Waals surface area contributed by atoms with E-state index >= 15 is 0 Å². The van der Waals surface area contributed by atoms with Crippen molar-refractivity contribution in [1.29, 1.82) is 0 Å². The second-order valence-corrected chi connectivity index (χ2v) is 5.76. The zero-order valence-electron chi connectivity index (χ0n) is 8.81. The average Bonchev–Trinajstić information content (AvgIpc) is 2.91. The monoisotopic (exact) mass is 317 g/mol. The summed E-state index contributed by atoms with van der Waals surface area (Å²) in [5.41, 5.74) is 1.00. The summed E-state index contributed by atoms with van der Waals surface area (Å²) in [5, 5.41) is 11.7. The number of hydrogen-bond acceptors (Lipinski definition) is 5. The molecule has 1 atom stereocenters. The average molecular weight is 318 g/mol. The van der Waals surface area contributed by atoms with E-state index in [0.717, 1.165) is 23.1 Å². The Morgan fingerprint density at radius 1 is 1.56 bits per heavy atom. The molecule has 1 N–H and O–H groups in total. The normalized spacial score (nSPS) is 12.9. The van der Waals surface area contributed by atoms with Crippen molar-refractivity contribution in [3.63, 3.8) is 0 Å². The lowest BCUT2D eigenvalue weighted by Gasteiger charge is -2.14. The number of aromatic nitrogens is 2. The van der Waals surface area contributed by atoms with E-state index in [2.05, 4.69) is 49.2 Å². The highest BCUT2D eigenvalue weighted by Crippen LogP contribution is 2.32. The van der Waals surface area contributed by atoms with Gasteiger partial charge in [0, 0.05) is 14.7 Å². The lowest BCUT2D eigenvalue weighted by Crippen LogP contribution is -2.23. The molecule has 0 aliphatic heterocycles. The Hall–Kier alpha value is -0.300. The van der Waals surface area contributed by atoms with Crippen LogP contribution in [0.1, 0.15) is 30.0 Å². The maximum absolute atomic E-state index is 4.16. The van der Waals surface area contributed by atoms with Gasteiger partial charge >= 0.3 is 0 Å². The van der Waals surface area contributed by atoms with Gasteiger partial charge in [-0.1, -0.05) is 11.4 Å². The largest absolute Gasteiger partial charge is 0.304 e. The Kier molecular flexibility index (Phi) is 4.45. The van der Waals surface area contributed by atoms with Gasteiger partial charge in [0.25, 0.3) is 0 Å². The molecule has 0 spiro atoms. The van der Waals surface area contributed by atoms with Crippen LogP contribution >= 0.6 is 38.8 Å². The first-order chi connectivity index (χ1) is 7.83. The van der Waals surface area contributed by atoms with Crippen LogP contribution in [0.15, 0.2) is 21.3 Å². The van der Waals surface area contributed by atoms with E-state index in [9.17, 15) is 0 Å². The van der Waals surface area contributed by atoms with Crippen molar-refractivity contribution in [1.82, 2.24) is 14.9 Å². The van der Waals surface area contributed by atoms with E-state index < -0.39 is 0 Å². The number of nitrogens with one attached hydrogen (secondary N) is 1. The third kappa shape index (κ3) is 2.68. The predicted octanol–water partition coefficient (Wildman–Crippen LogP) is 3.45. The fourth-order valence-corrected chi connectivity index (χ4v) is 3.60. The fraction of sp³-hybridized carbons (Fsp3) is 0.400. The molecule has 0 fully saturated rings. The first-order valence-electron chi connectivity index (χ1n) is 5.06. The smallest absolute Gasteiger partial charge is 0.0978 e. The predicted molar refractivity (Wildman–Crippen MR) is 72.1 cm³/mol. The highest BCUT2D eigenvalue weighted by Gasteiger charge is 2.19. The molecule has 0 aromatic carbocycles. The minimum atomic E-state index is 0.160. The topological polar surface area (TPSA) is 37.8 Å². The highest BCUT2D eigenvalue weighted by molar-refractivity contribution is 9.10. The van der Waals surface area contributed by atoms with Gasteiger partial charge in [0.1, 0.15) is 0 Å². The second-order valence-electron chi connectivity index (χ2n) is 3.35. The summed E-state index contributed by atoms with van der Waals surface area (Å²) >= 11 is 6.70. The molecule has 2 aromatic heterocycles. The van der Waals surface area contributed by atoms with Gasteiger partial charge in [-0.25, -0.2) is 0 Å². The van der Waals surface area contributed by atoms with E-state index in [4.69, 9.17) is 0 Å². The molecule has 0 aliphatic carbocycles. The lowest BCUT2D eigenvalue weighted by atomic mass is 10.2. The van der Waals surface area contributed by atoms with Gasteiger partial charge < -0.3 is 5.32 Å². The quantitative estimate of drug-likeness (QED) is 0.917. The Morgan fingerprint density at radius 2 is 2.44 bits per heavy atom. The van der Waals surface area contributed by atoms with Crippen molar-refractivity contribution in [2.45, 2.75) is 19.4 Å². The zero-order valence-corrected chi connectivity index (χ0v) is 12.0. The molecule has 2 heterocycles. The molecule has 0 radical (unpaired) electrons. The fourth-order valence-electron chi connectivity index (χ4n) is 1.43. The van der Waals surface area contributed by atoms with Crippen LogP contribution in [0.5, 0.6) is 0 Å². The minimum Gasteiger partial charge on any atom is -0.304 e. The third-order valence-electron chi connectivity index (χ3n) is 2.18. The van der Waals surface area contributed by atoms with Gasteiger partial charge in [-0.15, -0.1) is 16.4 Å². The number of hydrogen-bond donors (Lipinski definition) is 1. The van der Waals surface area contributed by atoms with Crippen LogP contribution in [0.2, 0.25) is 0 Å². The van der Waals surface area contributed by atoms with Crippen molar-refractivity contribution in [3.05, 3.63) is 31.9 Å². The SMILES string of the molecule is CCCNC(c1csnn1)c1sccc1Br. The number of rotatable bonds is 5. The Labute approximate surface area is 111 Å². The van der Waals surface area contributed by atoms with Crippen molar-refractivity contribution < 1.29 is 0 Å². The maximum Gasteiger partial charge on any atom is 0.0978 e. The highest BCUT2D eigenvalue weighted by atomic mass is 79.9. The molecule has 2 aromatic rings. The van der Waals surface area contributed by atoms with Crippen LogP contribution in [0.4, 0.5) is 0 Å². The summed E-state index contributed by atoms with van der Waals surface area (Å²) < 4.78 is 5.07. The summed E-state index contributed by atoms with van der Waals surface area (Å²) in [4.78, 5) is 1.26. The molecule has 6 heteroatoms. The second kappa shape index (κ2) is 5.86. The molecular formula is C10H12BrN3S2. The van der Waals surface area contributed by atoms with Crippen LogP contribution in [0.3, 0.4) is 0 Å². The molecule has 16 heavy (non-hydrogen) atoms. The number of thiophene rings is 1. The molecule has 0 amide bonds. The lowest BCUT2D eigenvalue weighted by molar-refractivity contribution is 0.591. The maximum atomic E-state index is 4.16. The molecule has 86 valence electrons. The van der Waals surface area contributed by atoms with Gasteiger partial charge in [-0.05, 0) is 51.9 Å². The summed E-state index contributed by atoms with van der Waals surface area (Å²) in [5.74, 6) is 0. The molecule has 3 nitrogen and oxygen atoms in total. The van der Waals surface area contributed by atoms with Gasteiger partial charge in [-0.2, -0.15) is 0 Å². The molecule has 2 rings (SSSR count). The van der Waals surface area contributed by atoms with Crippen molar-refractivity contribution in [3.8, 4) is 0 Å². The molecule has 0 saturated carbocycles. The summed E-state index contributed by atoms with van der Waals surface area (Å²) in [6.07, 6.45) is 1.11. The number of nitrogens with zero attached hydrogens (tertiary/aromatic N) is 2. The molecule has 0 bridgehead atoms. The Morgan fingerprint density at radius 3 is 3.00 bits per heavy atom. The van der Waals surface area contributed by atoms with Crippen LogP contribution in [0.25, 0.3) is 0 Å². The molecule has 0 aliphatic rings. The van der Waals surface area contributed by atoms with Crippen molar-refractivity contribution in [2.24, 2.45) is 0 Å². The van der Waals surface area contributed by atoms with Gasteiger partial charge in [-0.3, -0.25) is 0 Å². The summed E-state index contributed by atoms with van der Waals surface area (Å²) in [7, 11) is 0. The first-order valence-corrected chi connectivity index (χ1v) is 7.57. The van der Waals surface area contributed by atoms with E-state index in [0.29, 0.717) is 0 Å². The first kappa shape index (κ1) is 12.2. The molecular weight excluding hydrogens is 306 g/mol. The van der Waals surface area contributed by atoms with E-state index in [1.807, 2.05) is 5.38 Å². The van der Waals surface area contributed by atoms with Gasteiger partial charge in [0.05, 0.1) is 11.7 Å². The Balaban J connectivity index is 2.25. The minimum absolute atomic E-state index is 0.160. The van der Waals surface area contributed by atoms with Crippen molar-refractivity contribution >= 4 is 38.8 Å². The van der Waals surface area contributed by atoms with Crippen LogP contribution in [0, 0.1) is 0 Å². The van der Waals surface area contributed by atoms with Crippen LogP contribution in [-0.4, -0.2) is 16.1 Å². The zero-order chi connectivity index (χ0) is 11.4. The standard InChI is InChI=1S/C10H12BrN3S2/c1-2-4-12-9(8-6-16-14-13-8)10-7(11)3-5-15-10/h3,5-6,9,12H,2,4H2,1H3.